The second-order valence-electron chi connectivity index (χ2n) is 13.4. The smallest absolute Gasteiger partial charge is 0.0541 e. The molecule has 0 amide bonds. The summed E-state index contributed by atoms with van der Waals surface area (Å²) in [6.07, 6.45) is 0. The fourth-order valence-corrected chi connectivity index (χ4v) is 7.48. The molecule has 0 saturated carbocycles. The van der Waals surface area contributed by atoms with Crippen LogP contribution in [0.25, 0.3) is 60.9 Å². The van der Waals surface area contributed by atoms with E-state index in [0.29, 0.717) is 0 Å². The number of para-hydroxylation sites is 3. The van der Waals surface area contributed by atoms with Gasteiger partial charge >= 0.3 is 0 Å². The van der Waals surface area contributed by atoms with Gasteiger partial charge in [0.1, 0.15) is 0 Å². The third-order valence-corrected chi connectivity index (χ3v) is 9.99. The molecule has 1 aromatic heterocycles. The van der Waals surface area contributed by atoms with Crippen molar-refractivity contribution in [3.05, 3.63) is 200 Å². The Kier molecular flexibility index (Phi) is 7.87. The fraction of sp³-hybridized carbons (Fsp3) is 0.0204. The van der Waals surface area contributed by atoms with Crippen LogP contribution in [0, 0.1) is 6.92 Å². The molecule has 0 saturated heterocycles. The predicted molar refractivity (Wildman–Crippen MR) is 221 cm³/mol. The Labute approximate surface area is 304 Å². The zero-order chi connectivity index (χ0) is 35.0. The van der Waals surface area contributed by atoms with Gasteiger partial charge in [-0.2, -0.15) is 0 Å². The molecule has 0 aliphatic heterocycles. The zero-order valence-electron chi connectivity index (χ0n) is 28.9. The number of aryl methyl sites for hydroxylation is 1. The molecule has 248 valence electrons. The minimum Gasteiger partial charge on any atom is -0.399 e. The molecule has 0 fully saturated rings. The molecule has 0 unspecified atom stereocenters. The summed E-state index contributed by atoms with van der Waals surface area (Å²) in [7, 11) is 0. The molecule has 2 N–H and O–H groups in total. The molecule has 3 heteroatoms. The van der Waals surface area contributed by atoms with Crippen LogP contribution in [-0.2, 0) is 0 Å². The van der Waals surface area contributed by atoms with Crippen LogP contribution in [0.5, 0.6) is 0 Å². The lowest BCUT2D eigenvalue weighted by Gasteiger charge is -2.26. The number of aromatic nitrogens is 1. The van der Waals surface area contributed by atoms with E-state index >= 15 is 0 Å². The minimum atomic E-state index is 0.747. The summed E-state index contributed by atoms with van der Waals surface area (Å²) < 4.78 is 2.35. The van der Waals surface area contributed by atoms with Crippen LogP contribution in [0.3, 0.4) is 0 Å². The van der Waals surface area contributed by atoms with Gasteiger partial charge in [-0.15, -0.1) is 0 Å². The van der Waals surface area contributed by atoms with Crippen molar-refractivity contribution in [1.29, 1.82) is 0 Å². The van der Waals surface area contributed by atoms with Gasteiger partial charge in [0.05, 0.1) is 11.0 Å². The van der Waals surface area contributed by atoms with E-state index in [0.717, 1.165) is 56.3 Å². The standard InChI is InChI=1S/C49H37N3/c1-34-10-9-13-43(32-34)51(40-11-3-2-4-12-40)41-27-22-36(23-28-41)35-18-20-38(21-19-35)47-33-39(50)26-31-44(47)37-24-29-42(30-25-37)52-48-16-7-5-14-45(48)46-15-6-8-17-49(46)52/h2-33H,50H2,1H3. The first kappa shape index (κ1) is 31.2. The maximum absolute atomic E-state index is 6.38. The molecule has 0 atom stereocenters. The Morgan fingerprint density at radius 3 is 1.58 bits per heavy atom. The van der Waals surface area contributed by atoms with Crippen LogP contribution in [0.2, 0.25) is 0 Å². The highest BCUT2D eigenvalue weighted by atomic mass is 15.1. The minimum absolute atomic E-state index is 0.747. The molecular formula is C49H37N3. The van der Waals surface area contributed by atoms with Gasteiger partial charge in [0.2, 0.25) is 0 Å². The summed E-state index contributed by atoms with van der Waals surface area (Å²) in [6.45, 7) is 2.13. The molecule has 0 aliphatic rings. The third kappa shape index (κ3) is 5.69. The van der Waals surface area contributed by atoms with E-state index in [1.165, 1.54) is 32.9 Å². The van der Waals surface area contributed by atoms with Crippen LogP contribution < -0.4 is 10.6 Å². The maximum Gasteiger partial charge on any atom is 0.0541 e. The SMILES string of the molecule is Cc1cccc(N(c2ccccc2)c2ccc(-c3ccc(-c4cc(N)ccc4-c4ccc(-n5c6ccccc6c6ccccc65)cc4)cc3)cc2)c1. The lowest BCUT2D eigenvalue weighted by atomic mass is 9.92. The number of rotatable bonds is 7. The summed E-state index contributed by atoms with van der Waals surface area (Å²) in [5, 5.41) is 2.53. The van der Waals surface area contributed by atoms with Crippen molar-refractivity contribution in [1.82, 2.24) is 4.57 Å². The molecular weight excluding hydrogens is 631 g/mol. The van der Waals surface area contributed by atoms with Crippen LogP contribution in [0.1, 0.15) is 5.56 Å². The number of fused-ring (bicyclic) bond motifs is 3. The molecule has 3 nitrogen and oxygen atoms in total. The third-order valence-electron chi connectivity index (χ3n) is 9.99. The van der Waals surface area contributed by atoms with Crippen molar-refractivity contribution in [2.24, 2.45) is 0 Å². The van der Waals surface area contributed by atoms with E-state index < -0.39 is 0 Å². The number of anilines is 4. The van der Waals surface area contributed by atoms with Crippen LogP contribution >= 0.6 is 0 Å². The van der Waals surface area contributed by atoms with E-state index in [-0.39, 0.29) is 0 Å². The molecule has 0 aliphatic carbocycles. The number of benzene rings is 8. The van der Waals surface area contributed by atoms with E-state index in [2.05, 4.69) is 204 Å². The molecule has 0 bridgehead atoms. The Morgan fingerprint density at radius 1 is 0.404 bits per heavy atom. The second kappa shape index (κ2) is 13.1. The zero-order valence-corrected chi connectivity index (χ0v) is 28.9. The Bertz CT molecular complexity index is 2620. The predicted octanol–water partition coefficient (Wildman–Crippen LogP) is 13.1. The summed E-state index contributed by atoms with van der Waals surface area (Å²) in [5.74, 6) is 0. The molecule has 8 aromatic carbocycles. The van der Waals surface area contributed by atoms with E-state index in [1.54, 1.807) is 0 Å². The number of hydrogen-bond donors (Lipinski definition) is 1. The average molecular weight is 668 g/mol. The van der Waals surface area contributed by atoms with Crippen molar-refractivity contribution < 1.29 is 0 Å². The Balaban J connectivity index is 1.02. The highest BCUT2D eigenvalue weighted by Crippen LogP contribution is 2.39. The van der Waals surface area contributed by atoms with Crippen molar-refractivity contribution in [2.45, 2.75) is 6.92 Å². The monoisotopic (exact) mass is 667 g/mol. The Morgan fingerprint density at radius 2 is 0.923 bits per heavy atom. The first-order valence-corrected chi connectivity index (χ1v) is 17.7. The first-order chi connectivity index (χ1) is 25.6. The van der Waals surface area contributed by atoms with Crippen molar-refractivity contribution in [3.8, 4) is 39.1 Å². The summed E-state index contributed by atoms with van der Waals surface area (Å²) in [5.41, 5.74) is 22.2. The molecule has 9 aromatic rings. The highest BCUT2D eigenvalue weighted by Gasteiger charge is 2.15. The maximum atomic E-state index is 6.38. The van der Waals surface area contributed by atoms with Gasteiger partial charge < -0.3 is 15.2 Å². The fourth-order valence-electron chi connectivity index (χ4n) is 7.48. The number of nitrogen functional groups attached to an aromatic ring is 1. The van der Waals surface area contributed by atoms with Crippen molar-refractivity contribution in [2.75, 3.05) is 10.6 Å². The number of nitrogens with zero attached hydrogens (tertiary/aromatic N) is 2. The van der Waals surface area contributed by atoms with E-state index in [9.17, 15) is 0 Å². The lowest BCUT2D eigenvalue weighted by Crippen LogP contribution is -2.09. The van der Waals surface area contributed by atoms with Gasteiger partial charge in [0.25, 0.3) is 0 Å². The normalized spacial score (nSPS) is 11.2. The topological polar surface area (TPSA) is 34.2 Å². The van der Waals surface area contributed by atoms with Gasteiger partial charge in [-0.1, -0.05) is 121 Å². The van der Waals surface area contributed by atoms with Crippen molar-refractivity contribution >= 4 is 44.6 Å². The van der Waals surface area contributed by atoms with E-state index in [1.807, 2.05) is 6.07 Å². The second-order valence-corrected chi connectivity index (χ2v) is 13.4. The molecule has 1 heterocycles. The summed E-state index contributed by atoms with van der Waals surface area (Å²) >= 11 is 0. The highest BCUT2D eigenvalue weighted by molar-refractivity contribution is 6.09. The lowest BCUT2D eigenvalue weighted by molar-refractivity contribution is 1.18. The van der Waals surface area contributed by atoms with E-state index in [4.69, 9.17) is 5.73 Å². The molecule has 0 radical (unpaired) electrons. The van der Waals surface area contributed by atoms with Gasteiger partial charge in [-0.3, -0.25) is 0 Å². The first-order valence-electron chi connectivity index (χ1n) is 17.7. The van der Waals surface area contributed by atoms with Crippen molar-refractivity contribution in [3.63, 3.8) is 0 Å². The number of nitrogens with two attached hydrogens (primary N) is 1. The quantitative estimate of drug-likeness (QED) is 0.172. The van der Waals surface area contributed by atoms with Gasteiger partial charge in [-0.05, 0) is 119 Å². The summed E-state index contributed by atoms with van der Waals surface area (Å²) in [4.78, 5) is 2.30. The van der Waals surface area contributed by atoms with Crippen LogP contribution in [-0.4, -0.2) is 4.57 Å². The van der Waals surface area contributed by atoms with Gasteiger partial charge in [-0.25, -0.2) is 0 Å². The van der Waals surface area contributed by atoms with Crippen LogP contribution in [0.4, 0.5) is 22.7 Å². The molecule has 0 spiro atoms. The van der Waals surface area contributed by atoms with Gasteiger partial charge in [0, 0.05) is 39.2 Å². The largest absolute Gasteiger partial charge is 0.399 e. The van der Waals surface area contributed by atoms with Crippen LogP contribution in [0.15, 0.2) is 194 Å². The summed E-state index contributed by atoms with van der Waals surface area (Å²) in [6, 6.07) is 69.2. The molecule has 9 rings (SSSR count). The Hall–Kier alpha value is -6.84. The average Bonchev–Trinajstić information content (AvgIpc) is 3.53. The number of hydrogen-bond acceptors (Lipinski definition) is 2. The van der Waals surface area contributed by atoms with Gasteiger partial charge in [0.15, 0.2) is 0 Å². The molecule has 52 heavy (non-hydrogen) atoms.